The fourth-order valence-electron chi connectivity index (χ4n) is 3.16. The first kappa shape index (κ1) is 11.8. The van der Waals surface area contributed by atoms with Crippen LogP contribution in [0, 0.1) is 5.92 Å². The van der Waals surface area contributed by atoms with Crippen molar-refractivity contribution < 1.29 is 4.74 Å². The maximum absolute atomic E-state index is 5.84. The van der Waals surface area contributed by atoms with E-state index in [9.17, 15) is 0 Å². The van der Waals surface area contributed by atoms with Gasteiger partial charge in [-0.1, -0.05) is 12.1 Å². The van der Waals surface area contributed by atoms with Crippen molar-refractivity contribution in [2.75, 3.05) is 31.6 Å². The Morgan fingerprint density at radius 2 is 2.22 bits per heavy atom. The zero-order valence-electron chi connectivity index (χ0n) is 11.1. The van der Waals surface area contributed by atoms with Gasteiger partial charge in [0.2, 0.25) is 0 Å². The van der Waals surface area contributed by atoms with Crippen LogP contribution in [0.2, 0.25) is 0 Å². The number of anilines is 1. The largest absolute Gasteiger partial charge is 0.491 e. The molecule has 1 N–H and O–H groups in total. The summed E-state index contributed by atoms with van der Waals surface area (Å²) in [7, 11) is 2.05. The molecule has 0 saturated heterocycles. The molecule has 2 atom stereocenters. The summed E-state index contributed by atoms with van der Waals surface area (Å²) in [6, 6.07) is 9.18. The molecular weight excluding hydrogens is 224 g/mol. The van der Waals surface area contributed by atoms with Gasteiger partial charge < -0.3 is 15.0 Å². The third-order valence-corrected chi connectivity index (χ3v) is 4.22. The molecule has 3 rings (SSSR count). The second-order valence-corrected chi connectivity index (χ2v) is 5.33. The van der Waals surface area contributed by atoms with Crippen LogP contribution in [0.4, 0.5) is 5.69 Å². The first-order valence-electron chi connectivity index (χ1n) is 7.03. The van der Waals surface area contributed by atoms with E-state index in [4.69, 9.17) is 4.74 Å². The van der Waals surface area contributed by atoms with E-state index in [1.807, 2.05) is 0 Å². The first-order valence-corrected chi connectivity index (χ1v) is 7.03. The highest BCUT2D eigenvalue weighted by atomic mass is 16.5. The van der Waals surface area contributed by atoms with Gasteiger partial charge in [-0.05, 0) is 50.9 Å². The van der Waals surface area contributed by atoms with Gasteiger partial charge >= 0.3 is 0 Å². The predicted molar refractivity (Wildman–Crippen MR) is 74.3 cm³/mol. The number of para-hydroxylation sites is 2. The minimum absolute atomic E-state index is 0.695. The monoisotopic (exact) mass is 246 g/mol. The molecule has 0 amide bonds. The Kier molecular flexibility index (Phi) is 3.41. The highest BCUT2D eigenvalue weighted by molar-refractivity contribution is 5.60. The van der Waals surface area contributed by atoms with Crippen LogP contribution in [0.5, 0.6) is 5.75 Å². The second kappa shape index (κ2) is 5.19. The van der Waals surface area contributed by atoms with E-state index in [0.717, 1.165) is 37.8 Å². The van der Waals surface area contributed by atoms with Gasteiger partial charge in [0.05, 0.1) is 12.3 Å². The van der Waals surface area contributed by atoms with Gasteiger partial charge in [-0.2, -0.15) is 0 Å². The van der Waals surface area contributed by atoms with E-state index < -0.39 is 0 Å². The molecule has 0 aromatic heterocycles. The third-order valence-electron chi connectivity index (χ3n) is 4.22. The van der Waals surface area contributed by atoms with E-state index in [0.29, 0.717) is 6.04 Å². The molecule has 18 heavy (non-hydrogen) atoms. The molecular formula is C15H22N2O. The molecule has 0 bridgehead atoms. The molecule has 1 aromatic rings. The molecule has 2 unspecified atom stereocenters. The number of benzene rings is 1. The molecule has 3 nitrogen and oxygen atoms in total. The average molecular weight is 246 g/mol. The van der Waals surface area contributed by atoms with Crippen LogP contribution in [0.1, 0.15) is 19.3 Å². The van der Waals surface area contributed by atoms with Gasteiger partial charge in [0, 0.05) is 12.6 Å². The van der Waals surface area contributed by atoms with Crippen molar-refractivity contribution in [3.63, 3.8) is 0 Å². The van der Waals surface area contributed by atoms with Crippen LogP contribution in [-0.4, -0.2) is 32.8 Å². The van der Waals surface area contributed by atoms with E-state index in [1.165, 1.54) is 18.5 Å². The molecule has 2 aliphatic rings. The summed E-state index contributed by atoms with van der Waals surface area (Å²) in [6.45, 7) is 3.10. The lowest BCUT2D eigenvalue weighted by Crippen LogP contribution is -2.50. The standard InChI is InChI=1S/C15H22N2O/c1-16-11-12-7-8-13(12)17-9-4-10-18-15-6-3-2-5-14(15)17/h2-3,5-6,12-13,16H,4,7-11H2,1H3. The zero-order valence-corrected chi connectivity index (χ0v) is 11.1. The van der Waals surface area contributed by atoms with Crippen molar-refractivity contribution in [2.45, 2.75) is 25.3 Å². The van der Waals surface area contributed by atoms with Gasteiger partial charge in [-0.3, -0.25) is 0 Å². The summed E-state index contributed by atoms with van der Waals surface area (Å²) < 4.78 is 5.84. The summed E-state index contributed by atoms with van der Waals surface area (Å²) in [6.07, 6.45) is 3.79. The molecule has 1 aliphatic heterocycles. The third kappa shape index (κ3) is 2.07. The Hall–Kier alpha value is -1.22. The Morgan fingerprint density at radius 3 is 3.00 bits per heavy atom. The predicted octanol–water partition coefficient (Wildman–Crippen LogP) is 2.27. The van der Waals surface area contributed by atoms with Crippen molar-refractivity contribution in [3.05, 3.63) is 24.3 Å². The summed E-state index contributed by atoms with van der Waals surface area (Å²) in [5.41, 5.74) is 1.29. The molecule has 3 heteroatoms. The van der Waals surface area contributed by atoms with Gasteiger partial charge in [0.25, 0.3) is 0 Å². The first-order chi connectivity index (χ1) is 8.90. The number of nitrogens with zero attached hydrogens (tertiary/aromatic N) is 1. The van der Waals surface area contributed by atoms with E-state index in [1.54, 1.807) is 0 Å². The van der Waals surface area contributed by atoms with Crippen LogP contribution < -0.4 is 15.0 Å². The van der Waals surface area contributed by atoms with Gasteiger partial charge in [0.1, 0.15) is 5.75 Å². The lowest BCUT2D eigenvalue weighted by molar-refractivity contribution is 0.237. The number of fused-ring (bicyclic) bond motifs is 1. The minimum Gasteiger partial charge on any atom is -0.491 e. The average Bonchev–Trinajstić information content (AvgIpc) is 2.58. The number of ether oxygens (including phenoxy) is 1. The van der Waals surface area contributed by atoms with Crippen LogP contribution in [0.15, 0.2) is 24.3 Å². The van der Waals surface area contributed by atoms with Gasteiger partial charge in [-0.25, -0.2) is 0 Å². The Bertz CT molecular complexity index is 407. The van der Waals surface area contributed by atoms with E-state index >= 15 is 0 Å². The highest BCUT2D eigenvalue weighted by Gasteiger charge is 2.36. The fraction of sp³-hybridized carbons (Fsp3) is 0.600. The number of rotatable bonds is 3. The Labute approximate surface area is 109 Å². The van der Waals surface area contributed by atoms with Crippen LogP contribution in [0.25, 0.3) is 0 Å². The summed E-state index contributed by atoms with van der Waals surface area (Å²) in [4.78, 5) is 2.58. The van der Waals surface area contributed by atoms with Crippen molar-refractivity contribution in [1.82, 2.24) is 5.32 Å². The lowest BCUT2D eigenvalue weighted by Gasteiger charge is -2.45. The highest BCUT2D eigenvalue weighted by Crippen LogP contribution is 2.39. The van der Waals surface area contributed by atoms with Crippen molar-refractivity contribution >= 4 is 5.69 Å². The quantitative estimate of drug-likeness (QED) is 0.885. The number of nitrogens with one attached hydrogen (secondary N) is 1. The SMILES string of the molecule is CNCC1CCC1N1CCCOc2ccccc21. The molecule has 1 heterocycles. The molecule has 0 radical (unpaired) electrons. The second-order valence-electron chi connectivity index (χ2n) is 5.33. The van der Waals surface area contributed by atoms with Crippen LogP contribution >= 0.6 is 0 Å². The molecule has 0 spiro atoms. The lowest BCUT2D eigenvalue weighted by atomic mass is 9.78. The normalized spacial score (nSPS) is 26.8. The van der Waals surface area contributed by atoms with E-state index in [-0.39, 0.29) is 0 Å². The zero-order chi connectivity index (χ0) is 12.4. The van der Waals surface area contributed by atoms with Crippen molar-refractivity contribution in [1.29, 1.82) is 0 Å². The van der Waals surface area contributed by atoms with Crippen LogP contribution in [0.3, 0.4) is 0 Å². The summed E-state index contributed by atoms with van der Waals surface area (Å²) >= 11 is 0. The van der Waals surface area contributed by atoms with E-state index in [2.05, 4.69) is 41.5 Å². The minimum atomic E-state index is 0.695. The Morgan fingerprint density at radius 1 is 1.33 bits per heavy atom. The van der Waals surface area contributed by atoms with Gasteiger partial charge in [0.15, 0.2) is 0 Å². The summed E-state index contributed by atoms with van der Waals surface area (Å²) in [5, 5.41) is 3.32. The van der Waals surface area contributed by atoms with Crippen molar-refractivity contribution in [3.8, 4) is 5.75 Å². The molecule has 98 valence electrons. The maximum Gasteiger partial charge on any atom is 0.142 e. The number of hydrogen-bond donors (Lipinski definition) is 1. The molecule has 1 saturated carbocycles. The molecule has 1 aromatic carbocycles. The maximum atomic E-state index is 5.84. The van der Waals surface area contributed by atoms with Gasteiger partial charge in [-0.15, -0.1) is 0 Å². The van der Waals surface area contributed by atoms with Crippen molar-refractivity contribution in [2.24, 2.45) is 5.92 Å². The number of hydrogen-bond acceptors (Lipinski definition) is 3. The topological polar surface area (TPSA) is 24.5 Å². The molecule has 1 fully saturated rings. The smallest absolute Gasteiger partial charge is 0.142 e. The molecule has 1 aliphatic carbocycles. The summed E-state index contributed by atoms with van der Waals surface area (Å²) in [5.74, 6) is 1.85. The fourth-order valence-corrected chi connectivity index (χ4v) is 3.16. The van der Waals surface area contributed by atoms with Crippen LogP contribution in [-0.2, 0) is 0 Å². The Balaban J connectivity index is 1.83.